The van der Waals surface area contributed by atoms with Crippen molar-refractivity contribution in [3.8, 4) is 0 Å². The summed E-state index contributed by atoms with van der Waals surface area (Å²) in [7, 11) is -4.02. The van der Waals surface area contributed by atoms with Gasteiger partial charge in [0.25, 0.3) is 10.1 Å². The summed E-state index contributed by atoms with van der Waals surface area (Å²) in [5.74, 6) is 1.19. The van der Waals surface area contributed by atoms with Crippen LogP contribution in [0.1, 0.15) is 45.6 Å². The molecule has 0 radical (unpaired) electrons. The van der Waals surface area contributed by atoms with E-state index in [4.69, 9.17) is 4.55 Å². The first-order valence-electron chi connectivity index (χ1n) is 7.56. The van der Waals surface area contributed by atoms with E-state index in [0.29, 0.717) is 11.7 Å². The van der Waals surface area contributed by atoms with Crippen LogP contribution in [0.25, 0.3) is 0 Å². The number of aryl methyl sites for hydroxylation is 1. The second-order valence-corrected chi connectivity index (χ2v) is 8.63. The van der Waals surface area contributed by atoms with E-state index >= 15 is 0 Å². The lowest BCUT2D eigenvalue weighted by Gasteiger charge is -2.32. The predicted molar refractivity (Wildman–Crippen MR) is 85.2 cm³/mol. The summed E-state index contributed by atoms with van der Waals surface area (Å²) >= 11 is 0. The maximum absolute atomic E-state index is 11.6. The highest BCUT2D eigenvalue weighted by molar-refractivity contribution is 7.85. The monoisotopic (exact) mass is 324 g/mol. The Morgan fingerprint density at radius 3 is 1.95 bits per heavy atom. The van der Waals surface area contributed by atoms with Crippen LogP contribution in [-0.4, -0.2) is 18.8 Å². The Morgan fingerprint density at radius 1 is 1.14 bits per heavy atom. The molecular weight excluding hydrogens is 300 g/mol. The van der Waals surface area contributed by atoms with Gasteiger partial charge in [-0.15, -0.1) is 0 Å². The number of rotatable bonds is 1. The molecule has 1 aromatic carbocycles. The van der Waals surface area contributed by atoms with Gasteiger partial charge < -0.3 is 0 Å². The largest absolute Gasteiger partial charge is 0.299 e. The molecule has 0 saturated heterocycles. The quantitative estimate of drug-likeness (QED) is 0.801. The Bertz CT molecular complexity index is 673. The van der Waals surface area contributed by atoms with Gasteiger partial charge in [0.05, 0.1) is 4.90 Å². The number of Topliss-reactive ketones (excluding diaryl/α,β-unsaturated/α-hetero) is 1. The van der Waals surface area contributed by atoms with Crippen molar-refractivity contribution in [2.75, 3.05) is 0 Å². The van der Waals surface area contributed by atoms with Gasteiger partial charge in [0, 0.05) is 11.8 Å². The van der Waals surface area contributed by atoms with Crippen LogP contribution in [-0.2, 0) is 14.9 Å². The number of fused-ring (bicyclic) bond motifs is 2. The van der Waals surface area contributed by atoms with Crippen molar-refractivity contribution in [3.63, 3.8) is 0 Å². The van der Waals surface area contributed by atoms with E-state index in [-0.39, 0.29) is 15.7 Å². The number of hydrogen-bond donors (Lipinski definition) is 1. The third-order valence-electron chi connectivity index (χ3n) is 5.80. The van der Waals surface area contributed by atoms with Gasteiger partial charge in [0.1, 0.15) is 5.78 Å². The SMILES string of the molecule is CC12CCC(CC1=O)C2(C)C.Cc1ccc(S(=O)(=O)O)cc1. The molecule has 122 valence electrons. The molecule has 2 bridgehead atoms. The molecule has 0 amide bonds. The van der Waals surface area contributed by atoms with Crippen LogP contribution in [0.4, 0.5) is 0 Å². The van der Waals surface area contributed by atoms with E-state index in [1.165, 1.54) is 18.6 Å². The highest BCUT2D eigenvalue weighted by Crippen LogP contribution is 2.63. The van der Waals surface area contributed by atoms with Gasteiger partial charge in [-0.05, 0) is 43.2 Å². The minimum atomic E-state index is -4.02. The molecule has 4 nitrogen and oxygen atoms in total. The van der Waals surface area contributed by atoms with Crippen molar-refractivity contribution in [2.45, 2.75) is 51.9 Å². The zero-order valence-corrected chi connectivity index (χ0v) is 14.4. The van der Waals surface area contributed by atoms with Crippen LogP contribution in [0.15, 0.2) is 29.2 Å². The van der Waals surface area contributed by atoms with Gasteiger partial charge in [-0.3, -0.25) is 9.35 Å². The van der Waals surface area contributed by atoms with E-state index in [0.717, 1.165) is 18.4 Å². The molecule has 2 atom stereocenters. The van der Waals surface area contributed by atoms with E-state index in [1.807, 2.05) is 6.92 Å². The summed E-state index contributed by atoms with van der Waals surface area (Å²) in [5.41, 5.74) is 1.26. The van der Waals surface area contributed by atoms with Crippen LogP contribution in [0.5, 0.6) is 0 Å². The number of carbonyl (C=O) groups excluding carboxylic acids is 1. The van der Waals surface area contributed by atoms with Gasteiger partial charge in [-0.1, -0.05) is 38.5 Å². The van der Waals surface area contributed by atoms with Crippen LogP contribution in [0, 0.1) is 23.7 Å². The highest BCUT2D eigenvalue weighted by Gasteiger charge is 2.61. The van der Waals surface area contributed by atoms with Crippen molar-refractivity contribution >= 4 is 15.9 Å². The maximum atomic E-state index is 11.6. The fraction of sp³-hybridized carbons (Fsp3) is 0.588. The van der Waals surface area contributed by atoms with Gasteiger partial charge in [-0.2, -0.15) is 8.42 Å². The topological polar surface area (TPSA) is 71.4 Å². The van der Waals surface area contributed by atoms with Crippen molar-refractivity contribution in [3.05, 3.63) is 29.8 Å². The summed E-state index contributed by atoms with van der Waals surface area (Å²) in [5, 5.41) is 0. The molecule has 2 aliphatic rings. The lowest BCUT2D eigenvalue weighted by Crippen LogP contribution is -2.32. The molecule has 0 aromatic heterocycles. The number of hydrogen-bond acceptors (Lipinski definition) is 3. The molecular formula is C17H24O4S. The van der Waals surface area contributed by atoms with Crippen LogP contribution in [0.3, 0.4) is 0 Å². The molecule has 0 aliphatic heterocycles. The Balaban J connectivity index is 0.000000160. The van der Waals surface area contributed by atoms with Crippen LogP contribution >= 0.6 is 0 Å². The molecule has 3 rings (SSSR count). The Kier molecular flexibility index (Phi) is 4.26. The fourth-order valence-electron chi connectivity index (χ4n) is 3.61. The summed E-state index contributed by atoms with van der Waals surface area (Å²) in [6.45, 7) is 8.52. The average Bonchev–Trinajstić information content (AvgIpc) is 2.72. The van der Waals surface area contributed by atoms with E-state index in [9.17, 15) is 13.2 Å². The summed E-state index contributed by atoms with van der Waals surface area (Å²) < 4.78 is 29.6. The first-order valence-corrected chi connectivity index (χ1v) is 9.00. The number of ketones is 1. The van der Waals surface area contributed by atoms with Gasteiger partial charge in [0.15, 0.2) is 0 Å². The smallest absolute Gasteiger partial charge is 0.294 e. The molecule has 2 fully saturated rings. The van der Waals surface area contributed by atoms with E-state index in [1.54, 1.807) is 12.1 Å². The van der Waals surface area contributed by atoms with Crippen LogP contribution in [0.2, 0.25) is 0 Å². The zero-order chi connectivity index (χ0) is 16.8. The van der Waals surface area contributed by atoms with Crippen molar-refractivity contribution < 1.29 is 17.8 Å². The second-order valence-electron chi connectivity index (χ2n) is 7.20. The molecule has 2 saturated carbocycles. The summed E-state index contributed by atoms with van der Waals surface area (Å²) in [6.07, 6.45) is 3.25. The zero-order valence-electron chi connectivity index (χ0n) is 13.6. The van der Waals surface area contributed by atoms with Crippen molar-refractivity contribution in [1.82, 2.24) is 0 Å². The number of benzene rings is 1. The predicted octanol–water partition coefficient (Wildman–Crippen LogP) is 3.64. The number of carbonyl (C=O) groups is 1. The molecule has 1 aromatic rings. The lowest BCUT2D eigenvalue weighted by atomic mass is 9.70. The first-order chi connectivity index (χ1) is 9.98. The Hall–Kier alpha value is -1.20. The summed E-state index contributed by atoms with van der Waals surface area (Å²) in [6, 6.07) is 5.99. The van der Waals surface area contributed by atoms with E-state index < -0.39 is 10.1 Å². The second kappa shape index (κ2) is 5.46. The molecule has 5 heteroatoms. The molecule has 0 heterocycles. The van der Waals surface area contributed by atoms with Gasteiger partial charge >= 0.3 is 0 Å². The third kappa shape index (κ3) is 2.84. The van der Waals surface area contributed by atoms with Gasteiger partial charge in [-0.25, -0.2) is 0 Å². The van der Waals surface area contributed by atoms with Crippen LogP contribution < -0.4 is 0 Å². The summed E-state index contributed by atoms with van der Waals surface area (Å²) in [4.78, 5) is 11.5. The fourth-order valence-corrected chi connectivity index (χ4v) is 4.09. The molecule has 2 aliphatic carbocycles. The Labute approximate surface area is 132 Å². The maximum Gasteiger partial charge on any atom is 0.294 e. The third-order valence-corrected chi connectivity index (χ3v) is 6.67. The minimum absolute atomic E-state index is 0.0255. The standard InChI is InChI=1S/C10H16O.C7H8O3S/c1-9(2)7-4-5-10(9,3)8(11)6-7;1-6-2-4-7(5-3-6)11(8,9)10/h7H,4-6H2,1-3H3;2-5H,1H3,(H,8,9,10). The normalized spacial score (nSPS) is 29.1. The highest BCUT2D eigenvalue weighted by atomic mass is 32.2. The van der Waals surface area contributed by atoms with Gasteiger partial charge in [0.2, 0.25) is 0 Å². The molecule has 22 heavy (non-hydrogen) atoms. The average molecular weight is 324 g/mol. The Morgan fingerprint density at radius 2 is 1.68 bits per heavy atom. The lowest BCUT2D eigenvalue weighted by molar-refractivity contribution is -0.128. The van der Waals surface area contributed by atoms with Crippen molar-refractivity contribution in [1.29, 1.82) is 0 Å². The molecule has 0 spiro atoms. The first kappa shape index (κ1) is 17.2. The molecule has 2 unspecified atom stereocenters. The van der Waals surface area contributed by atoms with Crippen molar-refractivity contribution in [2.24, 2.45) is 16.7 Å². The minimum Gasteiger partial charge on any atom is -0.299 e. The molecule has 1 N–H and O–H groups in total. The van der Waals surface area contributed by atoms with E-state index in [2.05, 4.69) is 20.8 Å².